The Kier molecular flexibility index (Phi) is 4.78. The predicted molar refractivity (Wildman–Crippen MR) is 103 cm³/mol. The Labute approximate surface area is 154 Å². The lowest BCUT2D eigenvalue weighted by Gasteiger charge is -2.16. The van der Waals surface area contributed by atoms with Crippen LogP contribution in [0.15, 0.2) is 47.4 Å². The molecule has 0 N–H and O–H groups in total. The second-order valence-corrected chi connectivity index (χ2v) is 7.49. The monoisotopic (exact) mass is 379 g/mol. The summed E-state index contributed by atoms with van der Waals surface area (Å²) < 4.78 is 0.457. The van der Waals surface area contributed by atoms with E-state index in [0.29, 0.717) is 25.0 Å². The molecule has 0 bridgehead atoms. The lowest BCUT2D eigenvalue weighted by molar-refractivity contribution is -0.113. The number of thioether (sulfide) groups is 1. The summed E-state index contributed by atoms with van der Waals surface area (Å²) in [6.45, 7) is 2.00. The Morgan fingerprint density at radius 3 is 2.61 bits per heavy atom. The van der Waals surface area contributed by atoms with E-state index < -0.39 is 0 Å². The molecule has 0 atom stereocenters. The van der Waals surface area contributed by atoms with Crippen molar-refractivity contribution in [3.63, 3.8) is 0 Å². The highest BCUT2D eigenvalue weighted by Gasteiger charge is 2.34. The molecule has 0 unspecified atom stereocenters. The zero-order chi connectivity index (χ0) is 16.6. The van der Waals surface area contributed by atoms with E-state index >= 15 is 0 Å². The summed E-state index contributed by atoms with van der Waals surface area (Å²) in [6, 6.07) is 12.9. The number of carbonyl (C=O) groups is 1. The normalized spacial score (nSPS) is 16.5. The zero-order valence-electron chi connectivity index (χ0n) is 12.0. The van der Waals surface area contributed by atoms with E-state index in [4.69, 9.17) is 35.4 Å². The number of aryl methyl sites for hydroxylation is 1. The highest BCUT2D eigenvalue weighted by Crippen LogP contribution is 2.39. The number of amides is 1. The number of rotatable bonds is 2. The third-order valence-corrected chi connectivity index (χ3v) is 5.26. The largest absolute Gasteiger partial charge is 0.270 e. The van der Waals surface area contributed by atoms with Crippen LogP contribution in [0.1, 0.15) is 11.1 Å². The standard InChI is InChI=1S/C17H11Cl2NOS2/c1-10-4-2-3-5-11(10)8-15-16(21)20(17(22)23-15)14-7-6-12(18)9-13(14)19/h2-9H,1H3/b15-8+. The fourth-order valence-electron chi connectivity index (χ4n) is 2.23. The first-order chi connectivity index (χ1) is 11.0. The topological polar surface area (TPSA) is 20.3 Å². The van der Waals surface area contributed by atoms with Crippen LogP contribution in [-0.2, 0) is 4.79 Å². The summed E-state index contributed by atoms with van der Waals surface area (Å²) in [4.78, 5) is 14.8. The summed E-state index contributed by atoms with van der Waals surface area (Å²) in [5.74, 6) is -0.174. The van der Waals surface area contributed by atoms with E-state index in [2.05, 4.69) is 0 Å². The first kappa shape index (κ1) is 16.5. The molecule has 0 spiro atoms. The van der Waals surface area contributed by atoms with Gasteiger partial charge < -0.3 is 0 Å². The lowest BCUT2D eigenvalue weighted by atomic mass is 10.1. The highest BCUT2D eigenvalue weighted by atomic mass is 35.5. The SMILES string of the molecule is Cc1ccccc1/C=C1/SC(=S)N(c2ccc(Cl)cc2Cl)C1=O. The Hall–Kier alpha value is -1.33. The van der Waals surface area contributed by atoms with E-state index in [1.54, 1.807) is 18.2 Å². The number of halogens is 2. The van der Waals surface area contributed by atoms with Gasteiger partial charge in [0, 0.05) is 5.02 Å². The molecule has 1 aliphatic rings. The summed E-state index contributed by atoms with van der Waals surface area (Å²) in [5.41, 5.74) is 2.64. The van der Waals surface area contributed by atoms with Crippen molar-refractivity contribution in [2.75, 3.05) is 4.90 Å². The summed E-state index contributed by atoms with van der Waals surface area (Å²) in [7, 11) is 0. The van der Waals surface area contributed by atoms with Crippen LogP contribution in [0.2, 0.25) is 10.0 Å². The first-order valence-electron chi connectivity index (χ1n) is 6.76. The van der Waals surface area contributed by atoms with Crippen LogP contribution in [0.5, 0.6) is 0 Å². The van der Waals surface area contributed by atoms with Gasteiger partial charge in [-0.25, -0.2) is 0 Å². The fraction of sp³-hybridized carbons (Fsp3) is 0.0588. The van der Waals surface area contributed by atoms with Crippen molar-refractivity contribution in [2.45, 2.75) is 6.92 Å². The lowest BCUT2D eigenvalue weighted by Crippen LogP contribution is -2.27. The smallest absolute Gasteiger partial charge is 0.268 e. The van der Waals surface area contributed by atoms with Gasteiger partial charge >= 0.3 is 0 Å². The summed E-state index contributed by atoms with van der Waals surface area (Å²) in [6.07, 6.45) is 1.86. The van der Waals surface area contributed by atoms with E-state index in [-0.39, 0.29) is 5.91 Å². The number of carbonyl (C=O) groups excluding carboxylic acids is 1. The summed E-state index contributed by atoms with van der Waals surface area (Å²) in [5, 5.41) is 0.908. The second kappa shape index (κ2) is 6.65. The van der Waals surface area contributed by atoms with Gasteiger partial charge in [0.05, 0.1) is 15.6 Å². The fourth-order valence-corrected chi connectivity index (χ4v) is 4.00. The minimum atomic E-state index is -0.174. The maximum atomic E-state index is 12.7. The number of benzene rings is 2. The number of hydrogen-bond acceptors (Lipinski definition) is 3. The summed E-state index contributed by atoms with van der Waals surface area (Å²) >= 11 is 18.7. The Morgan fingerprint density at radius 1 is 1.17 bits per heavy atom. The third-order valence-electron chi connectivity index (χ3n) is 3.42. The molecule has 23 heavy (non-hydrogen) atoms. The van der Waals surface area contributed by atoms with Gasteiger partial charge in [0.2, 0.25) is 0 Å². The number of hydrogen-bond donors (Lipinski definition) is 0. The van der Waals surface area contributed by atoms with Crippen LogP contribution >= 0.6 is 47.2 Å². The minimum absolute atomic E-state index is 0.174. The molecule has 1 amide bonds. The van der Waals surface area contributed by atoms with E-state index in [1.807, 2.05) is 37.3 Å². The zero-order valence-corrected chi connectivity index (χ0v) is 15.2. The van der Waals surface area contributed by atoms with Gasteiger partial charge in [-0.2, -0.15) is 0 Å². The maximum absolute atomic E-state index is 12.7. The molecule has 0 radical (unpaired) electrons. The molecule has 1 heterocycles. The molecular weight excluding hydrogens is 369 g/mol. The molecule has 6 heteroatoms. The molecular formula is C17H11Cl2NOS2. The van der Waals surface area contributed by atoms with Crippen molar-refractivity contribution in [1.82, 2.24) is 0 Å². The molecule has 2 aromatic rings. The van der Waals surface area contributed by atoms with Gasteiger partial charge in [0.1, 0.15) is 0 Å². The highest BCUT2D eigenvalue weighted by molar-refractivity contribution is 8.27. The molecule has 1 aliphatic heterocycles. The van der Waals surface area contributed by atoms with Crippen molar-refractivity contribution in [1.29, 1.82) is 0 Å². The number of nitrogens with zero attached hydrogens (tertiary/aromatic N) is 1. The molecule has 1 saturated heterocycles. The van der Waals surface area contributed by atoms with Gasteiger partial charge in [-0.3, -0.25) is 9.69 Å². The van der Waals surface area contributed by atoms with Crippen molar-refractivity contribution in [2.24, 2.45) is 0 Å². The van der Waals surface area contributed by atoms with Gasteiger partial charge in [-0.05, 0) is 42.3 Å². The van der Waals surface area contributed by atoms with Gasteiger partial charge in [-0.1, -0.05) is 71.4 Å². The first-order valence-corrected chi connectivity index (χ1v) is 8.74. The van der Waals surface area contributed by atoms with Crippen LogP contribution in [0.4, 0.5) is 5.69 Å². The molecule has 0 aromatic heterocycles. The molecule has 2 aromatic carbocycles. The van der Waals surface area contributed by atoms with Crippen LogP contribution < -0.4 is 4.90 Å². The molecule has 0 saturated carbocycles. The number of anilines is 1. The second-order valence-electron chi connectivity index (χ2n) is 4.97. The van der Waals surface area contributed by atoms with E-state index in [1.165, 1.54) is 16.7 Å². The van der Waals surface area contributed by atoms with Crippen molar-refractivity contribution in [3.8, 4) is 0 Å². The van der Waals surface area contributed by atoms with Crippen molar-refractivity contribution in [3.05, 3.63) is 68.5 Å². The maximum Gasteiger partial charge on any atom is 0.270 e. The average Bonchev–Trinajstić information content (AvgIpc) is 2.77. The predicted octanol–water partition coefficient (Wildman–Crippen LogP) is 5.71. The van der Waals surface area contributed by atoms with Crippen molar-refractivity contribution >= 4 is 69.2 Å². The average molecular weight is 380 g/mol. The van der Waals surface area contributed by atoms with Crippen LogP contribution in [0.3, 0.4) is 0 Å². The van der Waals surface area contributed by atoms with Gasteiger partial charge in [-0.15, -0.1) is 0 Å². The molecule has 3 rings (SSSR count). The Balaban J connectivity index is 1.99. The molecule has 0 aliphatic carbocycles. The van der Waals surface area contributed by atoms with Crippen molar-refractivity contribution < 1.29 is 4.79 Å². The van der Waals surface area contributed by atoms with Crippen LogP contribution in [0.25, 0.3) is 6.08 Å². The van der Waals surface area contributed by atoms with Gasteiger partial charge in [0.15, 0.2) is 4.32 Å². The van der Waals surface area contributed by atoms with Crippen LogP contribution in [-0.4, -0.2) is 10.2 Å². The molecule has 1 fully saturated rings. The quantitative estimate of drug-likeness (QED) is 0.492. The Morgan fingerprint density at radius 2 is 1.91 bits per heavy atom. The molecule has 116 valence electrons. The Bertz CT molecular complexity index is 848. The minimum Gasteiger partial charge on any atom is -0.268 e. The van der Waals surface area contributed by atoms with E-state index in [0.717, 1.165) is 11.1 Å². The number of thiocarbonyl (C=S) groups is 1. The van der Waals surface area contributed by atoms with Gasteiger partial charge in [0.25, 0.3) is 5.91 Å². The third kappa shape index (κ3) is 3.31. The van der Waals surface area contributed by atoms with Crippen LogP contribution in [0, 0.1) is 6.92 Å². The molecule has 2 nitrogen and oxygen atoms in total. The van der Waals surface area contributed by atoms with E-state index in [9.17, 15) is 4.79 Å².